The number of nitrogens with two attached hydrogens (primary N) is 1. The van der Waals surface area contributed by atoms with Gasteiger partial charge in [-0.3, -0.25) is 0 Å². The Morgan fingerprint density at radius 3 is 2.69 bits per heavy atom. The van der Waals surface area contributed by atoms with E-state index >= 15 is 0 Å². The Bertz CT molecular complexity index is 414. The highest BCUT2D eigenvalue weighted by molar-refractivity contribution is 7.91. The number of anilines is 1. The second-order valence-electron chi connectivity index (χ2n) is 3.38. The van der Waals surface area contributed by atoms with E-state index in [1.807, 2.05) is 0 Å². The predicted octanol–water partition coefficient (Wildman–Crippen LogP) is 0.771. The normalized spacial score (nSPS) is 11.8. The fraction of sp³-hybridized carbons (Fsp3) is 0.556. The molecule has 1 aromatic rings. The van der Waals surface area contributed by atoms with E-state index in [-0.39, 0.29) is 10.8 Å². The van der Waals surface area contributed by atoms with Crippen LogP contribution < -0.4 is 10.5 Å². The van der Waals surface area contributed by atoms with Crippen LogP contribution in [0.2, 0.25) is 0 Å². The van der Waals surface area contributed by atoms with Gasteiger partial charge in [0.1, 0.15) is 4.21 Å². The van der Waals surface area contributed by atoms with E-state index in [9.17, 15) is 8.42 Å². The largest absolute Gasteiger partial charge is 0.398 e. The minimum Gasteiger partial charge on any atom is -0.398 e. The summed E-state index contributed by atoms with van der Waals surface area (Å²) in [4.78, 5) is 0. The second-order valence-corrected chi connectivity index (χ2v) is 6.29. The van der Waals surface area contributed by atoms with Crippen molar-refractivity contribution in [1.82, 2.24) is 4.72 Å². The quantitative estimate of drug-likeness (QED) is 0.634. The van der Waals surface area contributed by atoms with Crippen molar-refractivity contribution in [3.8, 4) is 0 Å². The van der Waals surface area contributed by atoms with Crippen LogP contribution in [-0.4, -0.2) is 26.7 Å². The summed E-state index contributed by atoms with van der Waals surface area (Å²) in [5.41, 5.74) is 5.92. The van der Waals surface area contributed by atoms with Crippen molar-refractivity contribution < 1.29 is 13.5 Å². The summed E-state index contributed by atoms with van der Waals surface area (Å²) in [5, 5.41) is 10.2. The molecule has 0 atom stereocenters. The number of aliphatic hydroxyl groups is 1. The summed E-state index contributed by atoms with van der Waals surface area (Å²) in [5.74, 6) is 0. The van der Waals surface area contributed by atoms with E-state index < -0.39 is 10.0 Å². The first kappa shape index (κ1) is 13.4. The topological polar surface area (TPSA) is 92.4 Å². The lowest BCUT2D eigenvalue weighted by Crippen LogP contribution is -2.24. The molecule has 1 rings (SSSR count). The molecule has 1 aromatic heterocycles. The average molecular weight is 264 g/mol. The highest BCUT2D eigenvalue weighted by Crippen LogP contribution is 2.21. The van der Waals surface area contributed by atoms with Gasteiger partial charge in [0.05, 0.1) is 0 Å². The maximum absolute atomic E-state index is 11.7. The van der Waals surface area contributed by atoms with Crippen molar-refractivity contribution in [3.63, 3.8) is 0 Å². The van der Waals surface area contributed by atoms with Crippen molar-refractivity contribution in [3.05, 3.63) is 11.4 Å². The molecule has 0 saturated carbocycles. The third-order valence-electron chi connectivity index (χ3n) is 1.99. The molecule has 0 saturated heterocycles. The molecule has 0 aromatic carbocycles. The Balaban J connectivity index is 2.41. The molecule has 5 nitrogen and oxygen atoms in total. The van der Waals surface area contributed by atoms with Gasteiger partial charge in [-0.25, -0.2) is 13.1 Å². The first-order chi connectivity index (χ1) is 7.56. The van der Waals surface area contributed by atoms with E-state index in [2.05, 4.69) is 4.72 Å². The minimum atomic E-state index is -3.40. The summed E-state index contributed by atoms with van der Waals surface area (Å²) >= 11 is 1.11. The zero-order valence-electron chi connectivity index (χ0n) is 8.85. The van der Waals surface area contributed by atoms with Gasteiger partial charge in [-0.1, -0.05) is 0 Å². The molecular formula is C9H16N2O3S2. The number of aliphatic hydroxyl groups excluding tert-OH is 1. The molecule has 0 aliphatic heterocycles. The van der Waals surface area contributed by atoms with Gasteiger partial charge in [0.25, 0.3) is 0 Å². The van der Waals surface area contributed by atoms with Crippen molar-refractivity contribution in [1.29, 1.82) is 0 Å². The number of nitrogen functional groups attached to an aromatic ring is 1. The van der Waals surface area contributed by atoms with E-state index in [4.69, 9.17) is 10.8 Å². The maximum Gasteiger partial charge on any atom is 0.250 e. The van der Waals surface area contributed by atoms with Gasteiger partial charge in [0.2, 0.25) is 10.0 Å². The highest BCUT2D eigenvalue weighted by Gasteiger charge is 2.15. The molecule has 0 bridgehead atoms. The third kappa shape index (κ3) is 4.09. The zero-order chi connectivity index (χ0) is 12.0. The Labute approximate surface area is 99.3 Å². The lowest BCUT2D eigenvalue weighted by Gasteiger charge is -2.03. The lowest BCUT2D eigenvalue weighted by atomic mass is 10.2. The number of unbranched alkanes of at least 4 members (excludes halogenated alkanes) is 2. The van der Waals surface area contributed by atoms with Crippen LogP contribution in [0.1, 0.15) is 19.3 Å². The van der Waals surface area contributed by atoms with Gasteiger partial charge in [0, 0.05) is 24.2 Å². The maximum atomic E-state index is 11.7. The summed E-state index contributed by atoms with van der Waals surface area (Å²) < 4.78 is 26.1. The fourth-order valence-electron chi connectivity index (χ4n) is 1.16. The third-order valence-corrected chi connectivity index (χ3v) is 4.91. The number of hydrogen-bond donors (Lipinski definition) is 3. The summed E-state index contributed by atoms with van der Waals surface area (Å²) in [6, 6.07) is 1.45. The molecule has 0 amide bonds. The molecule has 0 aliphatic rings. The van der Waals surface area contributed by atoms with Crippen LogP contribution in [0.15, 0.2) is 15.7 Å². The summed E-state index contributed by atoms with van der Waals surface area (Å²) in [7, 11) is -3.40. The summed E-state index contributed by atoms with van der Waals surface area (Å²) in [6.07, 6.45) is 2.24. The fourth-order valence-corrected chi connectivity index (χ4v) is 3.36. The molecule has 0 spiro atoms. The minimum absolute atomic E-state index is 0.147. The molecule has 16 heavy (non-hydrogen) atoms. The van der Waals surface area contributed by atoms with Gasteiger partial charge in [-0.05, 0) is 25.3 Å². The monoisotopic (exact) mass is 264 g/mol. The van der Waals surface area contributed by atoms with Crippen LogP contribution in [0, 0.1) is 0 Å². The Hall–Kier alpha value is -0.630. The van der Waals surface area contributed by atoms with Gasteiger partial charge in [-0.15, -0.1) is 11.3 Å². The van der Waals surface area contributed by atoms with Crippen LogP contribution in [-0.2, 0) is 10.0 Å². The first-order valence-corrected chi connectivity index (χ1v) is 7.37. The first-order valence-electron chi connectivity index (χ1n) is 5.01. The van der Waals surface area contributed by atoms with E-state index in [0.717, 1.165) is 24.2 Å². The van der Waals surface area contributed by atoms with E-state index in [0.29, 0.717) is 18.7 Å². The number of sulfonamides is 1. The van der Waals surface area contributed by atoms with Crippen LogP contribution >= 0.6 is 11.3 Å². The Kier molecular flexibility index (Phi) is 5.20. The van der Waals surface area contributed by atoms with Gasteiger partial charge < -0.3 is 10.8 Å². The Morgan fingerprint density at radius 2 is 2.12 bits per heavy atom. The van der Waals surface area contributed by atoms with E-state index in [1.165, 1.54) is 6.07 Å². The molecule has 0 fully saturated rings. The second kappa shape index (κ2) is 6.19. The molecule has 0 unspecified atom stereocenters. The van der Waals surface area contributed by atoms with Crippen LogP contribution in [0.25, 0.3) is 0 Å². The molecule has 0 aliphatic carbocycles. The highest BCUT2D eigenvalue weighted by atomic mass is 32.2. The number of thiophene rings is 1. The van der Waals surface area contributed by atoms with Gasteiger partial charge in [0.15, 0.2) is 0 Å². The SMILES string of the molecule is Nc1csc(S(=O)(=O)NCCCCCO)c1. The molecular weight excluding hydrogens is 248 g/mol. The predicted molar refractivity (Wildman–Crippen MR) is 64.9 cm³/mol. The zero-order valence-corrected chi connectivity index (χ0v) is 10.5. The van der Waals surface area contributed by atoms with E-state index in [1.54, 1.807) is 5.38 Å². The molecule has 4 N–H and O–H groups in total. The number of hydrogen-bond acceptors (Lipinski definition) is 5. The molecule has 7 heteroatoms. The molecule has 1 heterocycles. The number of nitrogens with one attached hydrogen (secondary N) is 1. The van der Waals surface area contributed by atoms with Crippen molar-refractivity contribution >= 4 is 27.0 Å². The Morgan fingerprint density at radius 1 is 1.38 bits per heavy atom. The summed E-state index contributed by atoms with van der Waals surface area (Å²) in [6.45, 7) is 0.536. The number of rotatable bonds is 7. The smallest absolute Gasteiger partial charge is 0.250 e. The van der Waals surface area contributed by atoms with Crippen molar-refractivity contribution in [2.45, 2.75) is 23.5 Å². The standard InChI is InChI=1S/C9H16N2O3S2/c10-8-6-9(15-7-8)16(13,14)11-4-2-1-3-5-12/h6-7,11-12H,1-5,10H2. The van der Waals surface area contributed by atoms with Crippen LogP contribution in [0.3, 0.4) is 0 Å². The van der Waals surface area contributed by atoms with Crippen LogP contribution in [0.5, 0.6) is 0 Å². The lowest BCUT2D eigenvalue weighted by molar-refractivity contribution is 0.283. The van der Waals surface area contributed by atoms with Gasteiger partial charge >= 0.3 is 0 Å². The molecule has 0 radical (unpaired) electrons. The van der Waals surface area contributed by atoms with Crippen molar-refractivity contribution in [2.24, 2.45) is 0 Å². The average Bonchev–Trinajstić information content (AvgIpc) is 2.65. The molecule has 92 valence electrons. The van der Waals surface area contributed by atoms with Crippen molar-refractivity contribution in [2.75, 3.05) is 18.9 Å². The van der Waals surface area contributed by atoms with Crippen LogP contribution in [0.4, 0.5) is 5.69 Å². The van der Waals surface area contributed by atoms with Gasteiger partial charge in [-0.2, -0.15) is 0 Å².